The lowest BCUT2D eigenvalue weighted by Crippen LogP contribution is -2.24. The Bertz CT molecular complexity index is 762. The molecule has 2 aromatic carbocycles. The first-order valence-electron chi connectivity index (χ1n) is 6.23. The van der Waals surface area contributed by atoms with Gasteiger partial charge in [-0.15, -0.1) is 0 Å². The SMILES string of the molecule is N#Cc1ccc(CS(=O)(=O)NCc2ccccc2O)cc1. The Kier molecular flexibility index (Phi) is 4.58. The third-order valence-electron chi connectivity index (χ3n) is 2.91. The zero-order valence-electron chi connectivity index (χ0n) is 11.2. The van der Waals surface area contributed by atoms with E-state index in [2.05, 4.69) is 4.72 Å². The van der Waals surface area contributed by atoms with Crippen molar-refractivity contribution in [3.63, 3.8) is 0 Å². The van der Waals surface area contributed by atoms with E-state index >= 15 is 0 Å². The highest BCUT2D eigenvalue weighted by Gasteiger charge is 2.12. The minimum atomic E-state index is -3.51. The van der Waals surface area contributed by atoms with Crippen LogP contribution in [0.15, 0.2) is 48.5 Å². The third kappa shape index (κ3) is 4.31. The number of sulfonamides is 1. The molecule has 0 radical (unpaired) electrons. The van der Waals surface area contributed by atoms with Crippen LogP contribution in [0.5, 0.6) is 5.75 Å². The molecule has 0 aromatic heterocycles. The Morgan fingerprint density at radius 2 is 1.76 bits per heavy atom. The van der Waals surface area contributed by atoms with Crippen LogP contribution in [0.1, 0.15) is 16.7 Å². The number of para-hydroxylation sites is 1. The molecule has 0 aliphatic carbocycles. The molecule has 5 nitrogen and oxygen atoms in total. The van der Waals surface area contributed by atoms with Gasteiger partial charge in [0, 0.05) is 12.1 Å². The first kappa shape index (κ1) is 15.0. The van der Waals surface area contributed by atoms with Crippen molar-refractivity contribution < 1.29 is 13.5 Å². The van der Waals surface area contributed by atoms with Gasteiger partial charge in [0.15, 0.2) is 0 Å². The fourth-order valence-corrected chi connectivity index (χ4v) is 2.90. The molecule has 0 amide bonds. The van der Waals surface area contributed by atoms with E-state index in [-0.39, 0.29) is 18.0 Å². The summed E-state index contributed by atoms with van der Waals surface area (Å²) in [4.78, 5) is 0. The highest BCUT2D eigenvalue weighted by molar-refractivity contribution is 7.88. The Hall–Kier alpha value is -2.36. The summed E-state index contributed by atoms with van der Waals surface area (Å²) in [6.07, 6.45) is 0. The lowest BCUT2D eigenvalue weighted by atomic mass is 10.2. The normalized spacial score (nSPS) is 11.0. The quantitative estimate of drug-likeness (QED) is 0.882. The predicted octanol–water partition coefficient (Wildman–Crippen LogP) is 1.88. The molecule has 108 valence electrons. The van der Waals surface area contributed by atoms with Gasteiger partial charge in [0.1, 0.15) is 5.75 Å². The standard InChI is InChI=1S/C15H14N2O3S/c16-9-12-5-7-13(8-6-12)11-21(19,20)17-10-14-3-1-2-4-15(14)18/h1-8,17-18H,10-11H2. The number of aromatic hydroxyl groups is 1. The smallest absolute Gasteiger partial charge is 0.216 e. The fourth-order valence-electron chi connectivity index (χ4n) is 1.79. The van der Waals surface area contributed by atoms with E-state index in [9.17, 15) is 13.5 Å². The van der Waals surface area contributed by atoms with Gasteiger partial charge >= 0.3 is 0 Å². The Labute approximate surface area is 123 Å². The number of hydrogen-bond acceptors (Lipinski definition) is 4. The second-order valence-electron chi connectivity index (χ2n) is 4.52. The molecule has 2 aromatic rings. The largest absolute Gasteiger partial charge is 0.508 e. The van der Waals surface area contributed by atoms with Crippen LogP contribution >= 0.6 is 0 Å². The number of phenolic OH excluding ortho intramolecular Hbond substituents is 1. The van der Waals surface area contributed by atoms with E-state index in [0.29, 0.717) is 16.7 Å². The fraction of sp³-hybridized carbons (Fsp3) is 0.133. The molecular formula is C15H14N2O3S. The molecule has 6 heteroatoms. The van der Waals surface area contributed by atoms with Gasteiger partial charge in [0.05, 0.1) is 17.4 Å². The van der Waals surface area contributed by atoms with E-state index in [1.807, 2.05) is 6.07 Å². The first-order valence-corrected chi connectivity index (χ1v) is 7.88. The molecule has 0 heterocycles. The van der Waals surface area contributed by atoms with E-state index in [1.54, 1.807) is 42.5 Å². The van der Waals surface area contributed by atoms with Gasteiger partial charge in [-0.3, -0.25) is 0 Å². The average Bonchev–Trinajstić information content (AvgIpc) is 2.47. The number of nitriles is 1. The van der Waals surface area contributed by atoms with Crippen LogP contribution in [0.3, 0.4) is 0 Å². The summed E-state index contributed by atoms with van der Waals surface area (Å²) in [6, 6.07) is 14.9. The van der Waals surface area contributed by atoms with Crippen molar-refractivity contribution in [2.75, 3.05) is 0 Å². The second kappa shape index (κ2) is 6.39. The summed E-state index contributed by atoms with van der Waals surface area (Å²) >= 11 is 0. The van der Waals surface area contributed by atoms with Crippen LogP contribution in [0.4, 0.5) is 0 Å². The number of nitrogens with zero attached hydrogens (tertiary/aromatic N) is 1. The van der Waals surface area contributed by atoms with Crippen molar-refractivity contribution in [3.8, 4) is 11.8 Å². The van der Waals surface area contributed by atoms with E-state index < -0.39 is 10.0 Å². The van der Waals surface area contributed by atoms with E-state index in [1.165, 1.54) is 6.07 Å². The van der Waals surface area contributed by atoms with Crippen molar-refractivity contribution in [3.05, 3.63) is 65.2 Å². The zero-order chi connectivity index (χ0) is 15.3. The van der Waals surface area contributed by atoms with Gasteiger partial charge < -0.3 is 5.11 Å². The van der Waals surface area contributed by atoms with E-state index in [4.69, 9.17) is 5.26 Å². The number of phenols is 1. The summed E-state index contributed by atoms with van der Waals surface area (Å²) in [5, 5.41) is 18.3. The Balaban J connectivity index is 2.02. The molecule has 0 aliphatic heterocycles. The molecule has 2 N–H and O–H groups in total. The Morgan fingerprint density at radius 1 is 1.10 bits per heavy atom. The maximum Gasteiger partial charge on any atom is 0.216 e. The highest BCUT2D eigenvalue weighted by Crippen LogP contribution is 2.15. The number of rotatable bonds is 5. The molecule has 21 heavy (non-hydrogen) atoms. The molecule has 0 spiro atoms. The van der Waals surface area contributed by atoms with Crippen LogP contribution in [0.25, 0.3) is 0 Å². The molecule has 0 atom stereocenters. The zero-order valence-corrected chi connectivity index (χ0v) is 12.0. The van der Waals surface area contributed by atoms with Crippen molar-refractivity contribution >= 4 is 10.0 Å². The average molecular weight is 302 g/mol. The summed E-state index contributed by atoms with van der Waals surface area (Å²) in [6.45, 7) is 0.0330. The van der Waals surface area contributed by atoms with Gasteiger partial charge in [-0.2, -0.15) is 5.26 Å². The third-order valence-corrected chi connectivity index (χ3v) is 4.21. The van der Waals surface area contributed by atoms with E-state index in [0.717, 1.165) is 0 Å². The minimum absolute atomic E-state index is 0.0330. The van der Waals surface area contributed by atoms with Gasteiger partial charge in [-0.25, -0.2) is 13.1 Å². The highest BCUT2D eigenvalue weighted by atomic mass is 32.2. The topological polar surface area (TPSA) is 90.2 Å². The van der Waals surface area contributed by atoms with Crippen LogP contribution in [0.2, 0.25) is 0 Å². The van der Waals surface area contributed by atoms with Crippen LogP contribution in [0, 0.1) is 11.3 Å². The molecule has 0 saturated carbocycles. The Morgan fingerprint density at radius 3 is 2.38 bits per heavy atom. The van der Waals surface area contributed by atoms with Gasteiger partial charge in [-0.05, 0) is 23.8 Å². The molecule has 0 bridgehead atoms. The summed E-state index contributed by atoms with van der Waals surface area (Å²) in [7, 11) is -3.51. The van der Waals surface area contributed by atoms with Crippen molar-refractivity contribution in [2.24, 2.45) is 0 Å². The molecule has 0 unspecified atom stereocenters. The van der Waals surface area contributed by atoms with Gasteiger partial charge in [0.2, 0.25) is 10.0 Å². The number of benzene rings is 2. The maximum absolute atomic E-state index is 12.0. The molecule has 0 fully saturated rings. The summed E-state index contributed by atoms with van der Waals surface area (Å²) in [5.41, 5.74) is 1.60. The van der Waals surface area contributed by atoms with Gasteiger partial charge in [-0.1, -0.05) is 30.3 Å². The minimum Gasteiger partial charge on any atom is -0.508 e. The van der Waals surface area contributed by atoms with Crippen LogP contribution in [-0.2, 0) is 22.3 Å². The summed E-state index contributed by atoms with van der Waals surface area (Å²) < 4.78 is 26.4. The monoisotopic (exact) mass is 302 g/mol. The second-order valence-corrected chi connectivity index (χ2v) is 6.32. The number of hydrogen-bond donors (Lipinski definition) is 2. The van der Waals surface area contributed by atoms with Crippen molar-refractivity contribution in [1.82, 2.24) is 4.72 Å². The molecular weight excluding hydrogens is 288 g/mol. The first-order chi connectivity index (χ1) is 10.00. The lowest BCUT2D eigenvalue weighted by Gasteiger charge is -2.08. The molecule has 0 aliphatic rings. The molecule has 0 saturated heterocycles. The van der Waals surface area contributed by atoms with Crippen molar-refractivity contribution in [2.45, 2.75) is 12.3 Å². The predicted molar refractivity (Wildman–Crippen MR) is 78.7 cm³/mol. The number of nitrogens with one attached hydrogen (secondary N) is 1. The summed E-state index contributed by atoms with van der Waals surface area (Å²) in [5.74, 6) is -0.120. The van der Waals surface area contributed by atoms with Crippen molar-refractivity contribution in [1.29, 1.82) is 5.26 Å². The van der Waals surface area contributed by atoms with Crippen LogP contribution < -0.4 is 4.72 Å². The lowest BCUT2D eigenvalue weighted by molar-refractivity contribution is 0.467. The van der Waals surface area contributed by atoms with Gasteiger partial charge in [0.25, 0.3) is 0 Å². The maximum atomic E-state index is 12.0. The van der Waals surface area contributed by atoms with Crippen LogP contribution in [-0.4, -0.2) is 13.5 Å². The molecule has 2 rings (SSSR count).